The maximum absolute atomic E-state index is 13.1. The van der Waals surface area contributed by atoms with Crippen molar-refractivity contribution in [3.05, 3.63) is 0 Å². The highest BCUT2D eigenvalue weighted by Gasteiger charge is 2.30. The molecule has 5 atom stereocenters. The zero-order valence-electron chi connectivity index (χ0n) is 64.4. The third-order valence-electron chi connectivity index (χ3n) is 18.3. The van der Waals surface area contributed by atoms with Crippen molar-refractivity contribution in [2.24, 2.45) is 23.7 Å². The van der Waals surface area contributed by atoms with Crippen LogP contribution in [-0.4, -0.2) is 96.7 Å². The highest BCUT2D eigenvalue weighted by atomic mass is 31.2. The Labute approximate surface area is 600 Å². The van der Waals surface area contributed by atoms with E-state index in [0.29, 0.717) is 31.6 Å². The lowest BCUT2D eigenvalue weighted by molar-refractivity contribution is -0.161. The summed E-state index contributed by atoms with van der Waals surface area (Å²) < 4.78 is 68.6. The summed E-state index contributed by atoms with van der Waals surface area (Å²) in [6, 6.07) is 0. The minimum Gasteiger partial charge on any atom is -0.462 e. The van der Waals surface area contributed by atoms with E-state index in [4.69, 9.17) is 37.0 Å². The van der Waals surface area contributed by atoms with E-state index in [1.165, 1.54) is 199 Å². The number of hydrogen-bond acceptors (Lipinski definition) is 15. The van der Waals surface area contributed by atoms with Crippen molar-refractivity contribution in [3.8, 4) is 0 Å². The maximum Gasteiger partial charge on any atom is 0.472 e. The Bertz CT molecular complexity index is 1920. The molecule has 3 unspecified atom stereocenters. The smallest absolute Gasteiger partial charge is 0.462 e. The molecule has 0 aliphatic rings. The Morgan fingerprint density at radius 3 is 0.633 bits per heavy atom. The lowest BCUT2D eigenvalue weighted by Crippen LogP contribution is -2.30. The summed E-state index contributed by atoms with van der Waals surface area (Å²) >= 11 is 0. The summed E-state index contributed by atoms with van der Waals surface area (Å²) in [6.07, 6.45) is 54.4. The molecule has 0 radical (unpaired) electrons. The first-order chi connectivity index (χ1) is 47.1. The van der Waals surface area contributed by atoms with Crippen LogP contribution < -0.4 is 0 Å². The summed E-state index contributed by atoms with van der Waals surface area (Å²) in [5.41, 5.74) is 0. The van der Waals surface area contributed by atoms with Crippen LogP contribution in [0.4, 0.5) is 0 Å². The fraction of sp³-hybridized carbons (Fsp3) is 0.949. The number of esters is 4. The van der Waals surface area contributed by atoms with Crippen molar-refractivity contribution in [1.82, 2.24) is 0 Å². The van der Waals surface area contributed by atoms with E-state index in [-0.39, 0.29) is 25.7 Å². The van der Waals surface area contributed by atoms with Gasteiger partial charge < -0.3 is 33.8 Å². The number of hydrogen-bond donors (Lipinski definition) is 3. The fourth-order valence-electron chi connectivity index (χ4n) is 12.1. The molecule has 0 aromatic heterocycles. The van der Waals surface area contributed by atoms with Crippen LogP contribution in [0.3, 0.4) is 0 Å². The zero-order chi connectivity index (χ0) is 72.4. The highest BCUT2D eigenvalue weighted by Crippen LogP contribution is 2.45. The fourth-order valence-corrected chi connectivity index (χ4v) is 13.7. The number of carbonyl (C=O) groups excluding carboxylic acids is 4. The number of rotatable bonds is 76. The SMILES string of the molecule is CC(C)CCCCCCCCCCCCCCCCCCC(=O)OC[C@H](COP(=O)(O)OCC(O)COP(=O)(O)OC[C@@H](COC(=O)CCCCCCCCC(C)C)OC(=O)CCCCCCCCCCCCCCCCCCC(C)C)OC(=O)CCCCCCCCCCC(C)C. The summed E-state index contributed by atoms with van der Waals surface area (Å²) in [5, 5.41) is 10.6. The summed E-state index contributed by atoms with van der Waals surface area (Å²) in [4.78, 5) is 72.8. The molecule has 0 aromatic carbocycles. The third kappa shape index (κ3) is 72.4. The van der Waals surface area contributed by atoms with Crippen LogP contribution in [0.15, 0.2) is 0 Å². The lowest BCUT2D eigenvalue weighted by atomic mass is 10.0. The van der Waals surface area contributed by atoms with E-state index in [2.05, 4.69) is 55.4 Å². The number of phosphoric acid groups is 2. The van der Waals surface area contributed by atoms with Gasteiger partial charge in [0.05, 0.1) is 26.4 Å². The average molecular weight is 1440 g/mol. The van der Waals surface area contributed by atoms with E-state index in [0.717, 1.165) is 114 Å². The quantitative estimate of drug-likeness (QED) is 0.0222. The molecule has 582 valence electrons. The van der Waals surface area contributed by atoms with Crippen LogP contribution in [0.1, 0.15) is 402 Å². The molecule has 0 aromatic rings. The van der Waals surface area contributed by atoms with Gasteiger partial charge in [-0.1, -0.05) is 351 Å². The Morgan fingerprint density at radius 1 is 0.255 bits per heavy atom. The first kappa shape index (κ1) is 96.1. The van der Waals surface area contributed by atoms with Crippen molar-refractivity contribution in [2.45, 2.75) is 420 Å². The third-order valence-corrected chi connectivity index (χ3v) is 20.2. The Hall–Kier alpha value is -1.94. The number of aliphatic hydroxyl groups is 1. The van der Waals surface area contributed by atoms with Crippen LogP contribution in [-0.2, 0) is 65.4 Å². The molecule has 0 aliphatic carbocycles. The summed E-state index contributed by atoms with van der Waals surface area (Å²) in [6.45, 7) is 14.2. The normalized spacial score (nSPS) is 14.1. The first-order valence-corrected chi connectivity index (χ1v) is 43.7. The van der Waals surface area contributed by atoms with Crippen molar-refractivity contribution in [2.75, 3.05) is 39.6 Å². The molecule has 0 amide bonds. The topological polar surface area (TPSA) is 237 Å². The minimum absolute atomic E-state index is 0.104. The van der Waals surface area contributed by atoms with Gasteiger partial charge in [0.15, 0.2) is 12.2 Å². The van der Waals surface area contributed by atoms with Crippen molar-refractivity contribution in [3.63, 3.8) is 0 Å². The summed E-state index contributed by atoms with van der Waals surface area (Å²) in [5.74, 6) is 0.898. The second-order valence-electron chi connectivity index (χ2n) is 30.4. The second kappa shape index (κ2) is 68.2. The van der Waals surface area contributed by atoms with Crippen molar-refractivity contribution in [1.29, 1.82) is 0 Å². The Kier molecular flexibility index (Phi) is 66.8. The van der Waals surface area contributed by atoms with E-state index in [1.807, 2.05) is 0 Å². The van der Waals surface area contributed by atoms with Gasteiger partial charge in [0, 0.05) is 25.7 Å². The minimum atomic E-state index is -4.96. The Morgan fingerprint density at radius 2 is 0.429 bits per heavy atom. The Balaban J connectivity index is 5.15. The van der Waals surface area contributed by atoms with Gasteiger partial charge in [-0.05, 0) is 49.4 Å². The number of carbonyl (C=O) groups is 4. The van der Waals surface area contributed by atoms with E-state index >= 15 is 0 Å². The molecule has 0 saturated carbocycles. The second-order valence-corrected chi connectivity index (χ2v) is 33.3. The highest BCUT2D eigenvalue weighted by molar-refractivity contribution is 7.47. The van der Waals surface area contributed by atoms with Gasteiger partial charge in [-0.25, -0.2) is 9.13 Å². The van der Waals surface area contributed by atoms with Crippen LogP contribution in [0.5, 0.6) is 0 Å². The molecule has 0 spiro atoms. The molecule has 0 fully saturated rings. The largest absolute Gasteiger partial charge is 0.472 e. The molecule has 17 nitrogen and oxygen atoms in total. The van der Waals surface area contributed by atoms with E-state index in [9.17, 15) is 43.2 Å². The lowest BCUT2D eigenvalue weighted by Gasteiger charge is -2.21. The number of phosphoric ester groups is 2. The van der Waals surface area contributed by atoms with Gasteiger partial charge in [0.1, 0.15) is 19.3 Å². The van der Waals surface area contributed by atoms with Crippen LogP contribution in [0, 0.1) is 23.7 Å². The van der Waals surface area contributed by atoms with Crippen molar-refractivity contribution < 1.29 is 80.2 Å². The average Bonchev–Trinajstić information content (AvgIpc) is 1.10. The molecule has 98 heavy (non-hydrogen) atoms. The van der Waals surface area contributed by atoms with E-state index < -0.39 is 97.5 Å². The van der Waals surface area contributed by atoms with Crippen LogP contribution in [0.2, 0.25) is 0 Å². The maximum atomic E-state index is 13.1. The number of ether oxygens (including phenoxy) is 4. The summed E-state index contributed by atoms with van der Waals surface area (Å²) in [7, 11) is -9.92. The van der Waals surface area contributed by atoms with Gasteiger partial charge >= 0.3 is 39.5 Å². The molecule has 19 heteroatoms. The van der Waals surface area contributed by atoms with Gasteiger partial charge in [-0.3, -0.25) is 37.3 Å². The number of aliphatic hydroxyl groups excluding tert-OH is 1. The molecule has 3 N–H and O–H groups in total. The number of unbranched alkanes of at least 4 members (excludes halogenated alkanes) is 42. The molecular formula is C79H154O17P2. The standard InChI is InChI=1S/C79H154O17P2/c1-69(2)55-47-39-31-25-21-17-13-9-11-15-19-23-27-34-43-51-59-76(81)89-65-74(96-79(84)62-54-46-36-30-29-33-41-49-57-71(5)6)67-93-97(85,86)91-63-73(80)64-92-98(87,88)94-68-75(66-90-77(82)60-52-44-38-37-42-50-58-72(7)8)95-78(83)61-53-45-35-28-24-20-16-12-10-14-18-22-26-32-40-48-56-70(3)4/h69-75,80H,9-68H2,1-8H3,(H,85,86)(H,87,88)/t73?,74-,75-/m1/s1. The van der Waals surface area contributed by atoms with Gasteiger partial charge in [-0.2, -0.15) is 0 Å². The monoisotopic (exact) mass is 1440 g/mol. The van der Waals surface area contributed by atoms with Gasteiger partial charge in [0.2, 0.25) is 0 Å². The van der Waals surface area contributed by atoms with Crippen molar-refractivity contribution >= 4 is 39.5 Å². The van der Waals surface area contributed by atoms with E-state index in [1.54, 1.807) is 0 Å². The van der Waals surface area contributed by atoms with Crippen LogP contribution >= 0.6 is 15.6 Å². The molecule has 0 heterocycles. The molecule has 0 bridgehead atoms. The predicted octanol–water partition coefficient (Wildman–Crippen LogP) is 23.2. The molecular weight excluding hydrogens is 1280 g/mol. The zero-order valence-corrected chi connectivity index (χ0v) is 66.2. The molecule has 0 rings (SSSR count). The van der Waals surface area contributed by atoms with Gasteiger partial charge in [0.25, 0.3) is 0 Å². The molecule has 0 aliphatic heterocycles. The molecule has 0 saturated heterocycles. The predicted molar refractivity (Wildman–Crippen MR) is 400 cm³/mol. The first-order valence-electron chi connectivity index (χ1n) is 40.7. The van der Waals surface area contributed by atoms with Gasteiger partial charge in [-0.15, -0.1) is 0 Å². The van der Waals surface area contributed by atoms with Crippen LogP contribution in [0.25, 0.3) is 0 Å².